The molecule has 4 heterocycles. The number of pyridine rings is 1. The molecule has 0 spiro atoms. The molecular weight excluding hydrogens is 376 g/mol. The van der Waals surface area contributed by atoms with Gasteiger partial charge >= 0.3 is 0 Å². The molecule has 1 aromatic carbocycles. The molecule has 2 aromatic heterocycles. The molecule has 1 unspecified atom stereocenters. The van der Waals surface area contributed by atoms with Crippen molar-refractivity contribution in [1.82, 2.24) is 14.5 Å². The van der Waals surface area contributed by atoms with Gasteiger partial charge in [0, 0.05) is 50.0 Å². The highest BCUT2D eigenvalue weighted by atomic mass is 16.5. The van der Waals surface area contributed by atoms with Gasteiger partial charge in [-0.2, -0.15) is 0 Å². The van der Waals surface area contributed by atoms with E-state index in [9.17, 15) is 4.79 Å². The van der Waals surface area contributed by atoms with E-state index in [4.69, 9.17) is 4.74 Å². The topological polar surface area (TPSA) is 59.4 Å². The Morgan fingerprint density at radius 2 is 2.13 bits per heavy atom. The van der Waals surface area contributed by atoms with Gasteiger partial charge in [0.1, 0.15) is 11.9 Å². The monoisotopic (exact) mass is 402 g/mol. The third-order valence-corrected chi connectivity index (χ3v) is 5.90. The van der Waals surface area contributed by atoms with Gasteiger partial charge in [-0.1, -0.05) is 12.1 Å². The largest absolute Gasteiger partial charge is 0.368 e. The highest BCUT2D eigenvalue weighted by Gasteiger charge is 2.24. The number of nitrogens with one attached hydrogen (secondary N) is 1. The molecule has 154 valence electrons. The van der Waals surface area contributed by atoms with Gasteiger partial charge in [-0.05, 0) is 66.8 Å². The number of benzene rings is 1. The summed E-state index contributed by atoms with van der Waals surface area (Å²) in [5.74, 6) is 0.905. The molecule has 2 aliphatic heterocycles. The second kappa shape index (κ2) is 8.42. The standard InChI is InChI=1S/C24H26N4O2/c29-24(22-6-4-14-30-22)26-20-9-8-18-10-13-27(16-19(18)15-20)17-21-5-3-12-28(21)23-7-1-2-11-25-23/h1-3,5,7-9,11-12,15,22H,4,6,10,13-14,16-17H2,(H,26,29). The zero-order valence-electron chi connectivity index (χ0n) is 17.0. The van der Waals surface area contributed by atoms with Crippen LogP contribution in [-0.2, 0) is 29.0 Å². The van der Waals surface area contributed by atoms with Crippen LogP contribution in [0.5, 0.6) is 0 Å². The zero-order chi connectivity index (χ0) is 20.3. The average molecular weight is 402 g/mol. The summed E-state index contributed by atoms with van der Waals surface area (Å²) in [7, 11) is 0. The molecular formula is C24H26N4O2. The van der Waals surface area contributed by atoms with Gasteiger partial charge in [-0.15, -0.1) is 0 Å². The van der Waals surface area contributed by atoms with Crippen LogP contribution in [-0.4, -0.2) is 39.6 Å². The van der Waals surface area contributed by atoms with E-state index in [-0.39, 0.29) is 12.0 Å². The van der Waals surface area contributed by atoms with E-state index in [1.807, 2.05) is 30.5 Å². The maximum absolute atomic E-state index is 12.4. The van der Waals surface area contributed by atoms with Crippen molar-refractivity contribution in [3.05, 3.63) is 77.7 Å². The summed E-state index contributed by atoms with van der Waals surface area (Å²) < 4.78 is 7.64. The molecule has 0 bridgehead atoms. The van der Waals surface area contributed by atoms with Gasteiger partial charge in [0.05, 0.1) is 0 Å². The Morgan fingerprint density at radius 1 is 1.17 bits per heavy atom. The average Bonchev–Trinajstić information content (AvgIpc) is 3.47. The van der Waals surface area contributed by atoms with Crippen molar-refractivity contribution in [3.63, 3.8) is 0 Å². The number of carbonyl (C=O) groups is 1. The molecule has 1 atom stereocenters. The minimum Gasteiger partial charge on any atom is -0.368 e. The quantitative estimate of drug-likeness (QED) is 0.709. The highest BCUT2D eigenvalue weighted by molar-refractivity contribution is 5.94. The molecule has 1 amide bonds. The number of aromatic nitrogens is 2. The van der Waals surface area contributed by atoms with Crippen molar-refractivity contribution >= 4 is 11.6 Å². The second-order valence-corrected chi connectivity index (χ2v) is 7.99. The van der Waals surface area contributed by atoms with E-state index < -0.39 is 0 Å². The van der Waals surface area contributed by atoms with E-state index in [1.54, 1.807) is 0 Å². The summed E-state index contributed by atoms with van der Waals surface area (Å²) in [5, 5.41) is 3.03. The Labute approximate surface area is 176 Å². The maximum Gasteiger partial charge on any atom is 0.253 e. The third kappa shape index (κ3) is 4.01. The molecule has 1 N–H and O–H groups in total. The summed E-state index contributed by atoms with van der Waals surface area (Å²) in [5.41, 5.74) is 4.72. The summed E-state index contributed by atoms with van der Waals surface area (Å²) in [6.45, 7) is 3.42. The number of fused-ring (bicyclic) bond motifs is 1. The molecule has 0 aliphatic carbocycles. The first kappa shape index (κ1) is 19.0. The van der Waals surface area contributed by atoms with E-state index in [1.165, 1.54) is 16.8 Å². The molecule has 3 aromatic rings. The molecule has 0 saturated carbocycles. The van der Waals surface area contributed by atoms with Gasteiger partial charge in [-0.3, -0.25) is 9.69 Å². The number of rotatable bonds is 5. The van der Waals surface area contributed by atoms with Crippen LogP contribution in [0.2, 0.25) is 0 Å². The molecule has 5 rings (SSSR count). The van der Waals surface area contributed by atoms with E-state index >= 15 is 0 Å². The van der Waals surface area contributed by atoms with Gasteiger partial charge < -0.3 is 14.6 Å². The lowest BCUT2D eigenvalue weighted by Gasteiger charge is -2.29. The summed E-state index contributed by atoms with van der Waals surface area (Å²) in [4.78, 5) is 19.3. The first-order chi connectivity index (χ1) is 14.8. The normalized spacial score (nSPS) is 18.9. The van der Waals surface area contributed by atoms with Crippen LogP contribution in [0.25, 0.3) is 5.82 Å². The maximum atomic E-state index is 12.4. The fourth-order valence-corrected chi connectivity index (χ4v) is 4.33. The second-order valence-electron chi connectivity index (χ2n) is 7.99. The van der Waals surface area contributed by atoms with Gasteiger partial charge in [-0.25, -0.2) is 4.98 Å². The van der Waals surface area contributed by atoms with Gasteiger partial charge in [0.2, 0.25) is 0 Å². The lowest BCUT2D eigenvalue weighted by Crippen LogP contribution is -2.31. The van der Waals surface area contributed by atoms with E-state index in [2.05, 4.69) is 50.2 Å². The minimum atomic E-state index is -0.308. The zero-order valence-corrected chi connectivity index (χ0v) is 17.0. The lowest BCUT2D eigenvalue weighted by molar-refractivity contribution is -0.124. The Kier molecular flexibility index (Phi) is 5.34. The Hall–Kier alpha value is -2.96. The van der Waals surface area contributed by atoms with Gasteiger partial charge in [0.15, 0.2) is 0 Å². The van der Waals surface area contributed by atoms with Crippen molar-refractivity contribution in [1.29, 1.82) is 0 Å². The van der Waals surface area contributed by atoms with Crippen molar-refractivity contribution < 1.29 is 9.53 Å². The van der Waals surface area contributed by atoms with Crippen molar-refractivity contribution in [3.8, 4) is 5.82 Å². The van der Waals surface area contributed by atoms with E-state index in [0.717, 1.165) is 50.4 Å². The first-order valence-electron chi connectivity index (χ1n) is 10.6. The number of ether oxygens (including phenoxy) is 1. The Morgan fingerprint density at radius 3 is 2.97 bits per heavy atom. The molecule has 6 nitrogen and oxygen atoms in total. The van der Waals surface area contributed by atoms with Crippen LogP contribution < -0.4 is 5.32 Å². The summed E-state index contributed by atoms with van der Waals surface area (Å²) in [6, 6.07) is 16.5. The third-order valence-electron chi connectivity index (χ3n) is 5.90. The Balaban J connectivity index is 1.28. The highest BCUT2D eigenvalue weighted by Crippen LogP contribution is 2.25. The number of carbonyl (C=O) groups excluding carboxylic acids is 1. The molecule has 1 fully saturated rings. The van der Waals surface area contributed by atoms with Crippen LogP contribution in [0.1, 0.15) is 29.7 Å². The van der Waals surface area contributed by atoms with Crippen LogP contribution in [0.3, 0.4) is 0 Å². The molecule has 30 heavy (non-hydrogen) atoms. The van der Waals surface area contributed by atoms with Crippen molar-refractivity contribution in [2.24, 2.45) is 0 Å². The van der Waals surface area contributed by atoms with Crippen LogP contribution in [0.15, 0.2) is 60.9 Å². The SMILES string of the molecule is O=C(Nc1ccc2c(c1)CN(Cc1cccn1-c1ccccn1)CC2)C1CCCO1. The fourth-order valence-electron chi connectivity index (χ4n) is 4.33. The van der Waals surface area contributed by atoms with Crippen molar-refractivity contribution in [2.45, 2.75) is 38.5 Å². The number of hydrogen-bond acceptors (Lipinski definition) is 4. The van der Waals surface area contributed by atoms with Crippen LogP contribution >= 0.6 is 0 Å². The number of nitrogens with zero attached hydrogens (tertiary/aromatic N) is 3. The van der Waals surface area contributed by atoms with E-state index in [0.29, 0.717) is 6.61 Å². The number of hydrogen-bond donors (Lipinski definition) is 1. The van der Waals surface area contributed by atoms with Crippen LogP contribution in [0.4, 0.5) is 5.69 Å². The molecule has 2 aliphatic rings. The fraction of sp³-hybridized carbons (Fsp3) is 0.333. The summed E-state index contributed by atoms with van der Waals surface area (Å²) in [6.07, 6.45) is 6.35. The summed E-state index contributed by atoms with van der Waals surface area (Å²) >= 11 is 0. The van der Waals surface area contributed by atoms with Crippen LogP contribution in [0, 0.1) is 0 Å². The number of amides is 1. The van der Waals surface area contributed by atoms with Gasteiger partial charge in [0.25, 0.3) is 5.91 Å². The smallest absolute Gasteiger partial charge is 0.253 e. The first-order valence-corrected chi connectivity index (χ1v) is 10.6. The molecule has 6 heteroatoms. The molecule has 1 saturated heterocycles. The predicted molar refractivity (Wildman–Crippen MR) is 115 cm³/mol. The lowest BCUT2D eigenvalue weighted by atomic mass is 9.99. The Bertz CT molecular complexity index is 1020. The molecule has 0 radical (unpaired) electrons. The minimum absolute atomic E-state index is 0.0340. The predicted octanol–water partition coefficient (Wildman–Crippen LogP) is 3.55. The number of anilines is 1. The van der Waals surface area contributed by atoms with Crippen molar-refractivity contribution in [2.75, 3.05) is 18.5 Å².